The van der Waals surface area contributed by atoms with Crippen LogP contribution in [-0.2, 0) is 67.5 Å². The fraction of sp³-hybridized carbons (Fsp3) is 0.632. The summed E-state index contributed by atoms with van der Waals surface area (Å²) >= 11 is 0. The Kier molecular flexibility index (Phi) is 20.5. The minimum atomic E-state index is -3.39. The van der Waals surface area contributed by atoms with Crippen molar-refractivity contribution in [2.45, 2.75) is 173 Å². The van der Waals surface area contributed by atoms with E-state index in [-0.39, 0.29) is 43.8 Å². The molecule has 2 bridgehead atoms. The van der Waals surface area contributed by atoms with Crippen LogP contribution in [0.1, 0.15) is 117 Å². The zero-order valence-corrected chi connectivity index (χ0v) is 48.7. The SMILES string of the molecule is CC[C@H]1OC(=O)[C@H](C)C(=O)[C@H](C)[C@@H](O[C@@H]2O[C@H](C)C[C@H](N(C)CCc3cn([C@H](CF)Cc4ccc(S(C)(=O)=O)cc4)nn3)[C@H]2O)[C@]2(C)CC/C(=N/OCc3ccc(-n4cccn4)cn3)CO[C@H]([C@@H](C)C(=NC(C)=O)[C@H](C)C2)[C@]1(C)O. The van der Waals surface area contributed by atoms with Crippen molar-refractivity contribution in [3.63, 3.8) is 0 Å². The summed E-state index contributed by atoms with van der Waals surface area (Å²) in [5.74, 6) is -5.32. The molecule has 0 aliphatic carbocycles. The maximum absolute atomic E-state index is 14.9. The van der Waals surface area contributed by atoms with Gasteiger partial charge in [-0.15, -0.1) is 5.10 Å². The number of ketones is 1. The van der Waals surface area contributed by atoms with Crippen LogP contribution in [0.25, 0.3) is 5.69 Å². The number of hydrogen-bond donors (Lipinski definition) is 2. The number of pyridine rings is 1. The fourth-order valence-corrected chi connectivity index (χ4v) is 12.4. The largest absolute Gasteiger partial charge is 0.459 e. The molecule has 21 nitrogen and oxygen atoms in total. The molecule has 3 aliphatic rings. The average molecular weight is 1130 g/mol. The number of carbonyl (C=O) groups is 3. The number of esters is 1. The number of benzene rings is 1. The first-order valence-corrected chi connectivity index (χ1v) is 29.5. The third-order valence-corrected chi connectivity index (χ3v) is 17.4. The van der Waals surface area contributed by atoms with Gasteiger partial charge in [0.25, 0.3) is 0 Å². The van der Waals surface area contributed by atoms with Crippen LogP contribution in [0, 0.1) is 29.1 Å². The van der Waals surface area contributed by atoms with Gasteiger partial charge in [0.05, 0.1) is 64.8 Å². The number of amides is 1. The first-order chi connectivity index (χ1) is 37.8. The molecule has 438 valence electrons. The molecule has 80 heavy (non-hydrogen) atoms. The average Bonchev–Trinajstić information content (AvgIpc) is 4.26. The summed E-state index contributed by atoms with van der Waals surface area (Å²) in [6.07, 6.45) is 3.74. The molecule has 0 unspecified atom stereocenters. The van der Waals surface area contributed by atoms with Gasteiger partial charge in [0.1, 0.15) is 30.4 Å². The number of hydrogen-bond acceptors (Lipinski definition) is 18. The molecular weight excluding hydrogens is 1050 g/mol. The topological polar surface area (TPSA) is 261 Å². The Balaban J connectivity index is 1.19. The van der Waals surface area contributed by atoms with Crippen LogP contribution in [0.4, 0.5) is 4.39 Å². The molecule has 3 saturated heterocycles. The number of sulfone groups is 1. The number of likely N-dealkylation sites (N-methyl/N-ethyl adjacent to an activating group) is 1. The van der Waals surface area contributed by atoms with Crippen LogP contribution >= 0.6 is 0 Å². The van der Waals surface area contributed by atoms with Gasteiger partial charge in [-0.05, 0) is 114 Å². The Morgan fingerprint density at radius 1 is 1.06 bits per heavy atom. The highest BCUT2D eigenvalue weighted by molar-refractivity contribution is 7.90. The molecule has 14 atom stereocenters. The Morgan fingerprint density at radius 2 is 1.80 bits per heavy atom. The number of alkyl halides is 1. The van der Waals surface area contributed by atoms with Crippen LogP contribution in [0.2, 0.25) is 0 Å². The number of ether oxygens (including phenoxy) is 4. The van der Waals surface area contributed by atoms with Crippen LogP contribution in [0.15, 0.2) is 82.3 Å². The molecule has 3 aliphatic heterocycles. The molecule has 3 fully saturated rings. The number of carbonyl (C=O) groups excluding carboxylic acids is 3. The van der Waals surface area contributed by atoms with Crippen molar-refractivity contribution in [2.24, 2.45) is 39.2 Å². The van der Waals surface area contributed by atoms with E-state index in [1.165, 1.54) is 37.6 Å². The number of halogens is 1. The van der Waals surface area contributed by atoms with E-state index >= 15 is 0 Å². The second-order valence-corrected chi connectivity index (χ2v) is 24.7. The monoisotopic (exact) mass is 1130 g/mol. The predicted octanol–water partition coefficient (Wildman–Crippen LogP) is 6.08. The maximum Gasteiger partial charge on any atom is 0.316 e. The summed E-state index contributed by atoms with van der Waals surface area (Å²) in [6.45, 7) is 15.0. The lowest BCUT2D eigenvalue weighted by Gasteiger charge is -2.48. The second-order valence-electron chi connectivity index (χ2n) is 22.7. The highest BCUT2D eigenvalue weighted by Crippen LogP contribution is 2.45. The smallest absolute Gasteiger partial charge is 0.316 e. The highest BCUT2D eigenvalue weighted by Gasteiger charge is 2.52. The summed E-state index contributed by atoms with van der Waals surface area (Å²) in [7, 11) is -1.52. The molecule has 7 rings (SSSR count). The van der Waals surface area contributed by atoms with Crippen LogP contribution < -0.4 is 0 Å². The van der Waals surface area contributed by atoms with Gasteiger partial charge in [0, 0.05) is 68.3 Å². The van der Waals surface area contributed by atoms with Gasteiger partial charge in [0.2, 0.25) is 5.91 Å². The Bertz CT molecular complexity index is 2900. The Labute approximate surface area is 468 Å². The van der Waals surface area contributed by atoms with E-state index in [4.69, 9.17) is 23.8 Å². The van der Waals surface area contributed by atoms with Crippen molar-refractivity contribution < 1.29 is 61.2 Å². The molecule has 1 aromatic carbocycles. The number of aromatic nitrogens is 6. The van der Waals surface area contributed by atoms with Gasteiger partial charge in [-0.1, -0.05) is 57.1 Å². The van der Waals surface area contributed by atoms with Crippen molar-refractivity contribution in [3.8, 4) is 5.69 Å². The number of aliphatic hydroxyl groups is 2. The molecule has 0 spiro atoms. The molecule has 23 heteroatoms. The van der Waals surface area contributed by atoms with Gasteiger partial charge in [0.15, 0.2) is 28.5 Å². The van der Waals surface area contributed by atoms with Gasteiger partial charge in [-0.3, -0.25) is 19.4 Å². The molecule has 0 radical (unpaired) electrons. The number of oxime groups is 1. The van der Waals surface area contributed by atoms with Crippen LogP contribution in [0.5, 0.6) is 0 Å². The third kappa shape index (κ3) is 14.9. The lowest BCUT2D eigenvalue weighted by atomic mass is 9.66. The molecule has 2 N–H and O–H groups in total. The van der Waals surface area contributed by atoms with Crippen LogP contribution in [-0.4, -0.2) is 164 Å². The minimum absolute atomic E-state index is 0.00473. The summed E-state index contributed by atoms with van der Waals surface area (Å²) in [4.78, 5) is 59.5. The molecular formula is C57H80FN9O12S. The number of aliphatic imine (C=N–C) groups is 1. The lowest BCUT2D eigenvalue weighted by Crippen LogP contribution is -2.59. The minimum Gasteiger partial charge on any atom is -0.459 e. The van der Waals surface area contributed by atoms with Gasteiger partial charge in [-0.2, -0.15) is 5.10 Å². The molecule has 6 heterocycles. The van der Waals surface area contributed by atoms with Gasteiger partial charge in [-0.25, -0.2) is 27.2 Å². The normalized spacial score (nSPS) is 31.8. The third-order valence-electron chi connectivity index (χ3n) is 16.2. The molecule has 3 aromatic heterocycles. The molecule has 0 saturated carbocycles. The number of fused-ring (bicyclic) bond motifs is 5. The molecule has 4 aromatic rings. The second kappa shape index (κ2) is 26.5. The lowest BCUT2D eigenvalue weighted by molar-refractivity contribution is -0.287. The fourth-order valence-electron chi connectivity index (χ4n) is 11.7. The number of Topliss-reactive ketones (excluding diaryl/α,β-unsaturated/α-hetero) is 1. The van der Waals surface area contributed by atoms with Crippen molar-refractivity contribution in [3.05, 3.63) is 84.2 Å². The standard InChI is InChI=1S/C57H80FN9O12S/c1-12-48-57(9,72)53-36(4)49(61-39(7)68)34(2)28-56(8,22-20-43(32-75-53)63-76-33-42-16-17-44(30-59-42)66-24-13-23-60-66)52(37(5)50(69)38(6)54(71)78-48)79-55-51(70)47(26-35(3)77-55)65(10)25-21-41-31-67(64-62-41)45(29-58)27-40-14-18-46(19-15-40)80(11,73)74/h13-19,23-24,30-31,34-38,45,47-48,51-53,55,70,72H,12,20-22,25-29,32-33H2,1-11H3/b61-49?,63-43-/t34-,35-,36+,37+,38-,45+,47+,48-,51-,52-,53-,55+,56-,57-/m1/s1. The van der Waals surface area contributed by atoms with E-state index in [0.29, 0.717) is 48.6 Å². The number of nitrogens with zero attached hydrogens (tertiary/aromatic N) is 9. The number of rotatable bonds is 16. The number of aliphatic hydroxyl groups excluding tert-OH is 1. The van der Waals surface area contributed by atoms with Crippen molar-refractivity contribution >= 4 is 38.9 Å². The zero-order chi connectivity index (χ0) is 58.3. The quantitative estimate of drug-likeness (QED) is 0.0732. The van der Waals surface area contributed by atoms with Crippen molar-refractivity contribution in [1.29, 1.82) is 0 Å². The summed E-state index contributed by atoms with van der Waals surface area (Å²) in [6, 6.07) is 10.6. The predicted molar refractivity (Wildman–Crippen MR) is 294 cm³/mol. The van der Waals surface area contributed by atoms with Gasteiger partial charge < -0.3 is 38.9 Å². The Hall–Kier alpha value is -5.69. The summed E-state index contributed by atoms with van der Waals surface area (Å²) < 4.78 is 68.0. The Morgan fingerprint density at radius 3 is 2.44 bits per heavy atom. The van der Waals surface area contributed by atoms with Crippen molar-refractivity contribution in [1.82, 2.24) is 34.7 Å². The summed E-state index contributed by atoms with van der Waals surface area (Å²) in [5, 5.41) is 42.5. The van der Waals surface area contributed by atoms with E-state index in [2.05, 4.69) is 30.5 Å². The van der Waals surface area contributed by atoms with E-state index in [9.17, 15) is 37.4 Å². The first kappa shape index (κ1) is 61.9. The van der Waals surface area contributed by atoms with E-state index in [1.54, 1.807) is 49.3 Å². The summed E-state index contributed by atoms with van der Waals surface area (Å²) in [5.41, 5.74) is 0.681. The van der Waals surface area contributed by atoms with Crippen LogP contribution in [0.3, 0.4) is 0 Å². The van der Waals surface area contributed by atoms with Crippen molar-refractivity contribution in [2.75, 3.05) is 33.1 Å². The first-order valence-electron chi connectivity index (χ1n) is 27.6. The maximum atomic E-state index is 14.9. The van der Waals surface area contributed by atoms with E-state index < -0.39 is 118 Å². The van der Waals surface area contributed by atoms with E-state index in [0.717, 1.165) is 17.5 Å². The van der Waals surface area contributed by atoms with E-state index in [1.807, 2.05) is 64.0 Å². The highest BCUT2D eigenvalue weighted by atomic mass is 32.2. The molecule has 1 amide bonds. The van der Waals surface area contributed by atoms with Gasteiger partial charge >= 0.3 is 5.97 Å². The number of cyclic esters (lactones) is 1. The zero-order valence-electron chi connectivity index (χ0n) is 47.8.